The van der Waals surface area contributed by atoms with Crippen LogP contribution in [0.3, 0.4) is 0 Å². The van der Waals surface area contributed by atoms with Gasteiger partial charge in [-0.3, -0.25) is 0 Å². The Morgan fingerprint density at radius 2 is 1.96 bits per heavy atom. The standard InChI is InChI=1S/C18H14BrN3OS/c1-23-13-5-2-11(3-6-13)9-24-18-17-16(20-10-21-18)14-8-12(19)4-7-15(14)22-17/h2-8,10,22H,9H2,1H3. The summed E-state index contributed by atoms with van der Waals surface area (Å²) in [4.78, 5) is 12.4. The molecule has 4 nitrogen and oxygen atoms in total. The van der Waals surface area contributed by atoms with Crippen molar-refractivity contribution >= 4 is 49.6 Å². The number of methoxy groups -OCH3 is 1. The van der Waals surface area contributed by atoms with E-state index >= 15 is 0 Å². The predicted octanol–water partition coefficient (Wildman–Crippen LogP) is 5.17. The van der Waals surface area contributed by atoms with Gasteiger partial charge in [0.05, 0.1) is 12.6 Å². The summed E-state index contributed by atoms with van der Waals surface area (Å²) < 4.78 is 6.24. The largest absolute Gasteiger partial charge is 0.497 e. The van der Waals surface area contributed by atoms with E-state index in [1.54, 1.807) is 25.2 Å². The minimum atomic E-state index is 0.842. The van der Waals surface area contributed by atoms with Crippen LogP contribution in [-0.2, 0) is 5.75 Å². The van der Waals surface area contributed by atoms with Gasteiger partial charge in [0.15, 0.2) is 0 Å². The van der Waals surface area contributed by atoms with Crippen LogP contribution in [0.2, 0.25) is 0 Å². The molecule has 0 spiro atoms. The summed E-state index contributed by atoms with van der Waals surface area (Å²) in [5, 5.41) is 2.07. The van der Waals surface area contributed by atoms with Gasteiger partial charge in [-0.25, -0.2) is 9.97 Å². The Balaban J connectivity index is 1.67. The Kier molecular flexibility index (Phi) is 4.16. The van der Waals surface area contributed by atoms with Gasteiger partial charge in [0.2, 0.25) is 0 Å². The van der Waals surface area contributed by atoms with E-state index in [1.807, 2.05) is 18.2 Å². The zero-order valence-electron chi connectivity index (χ0n) is 12.9. The summed E-state index contributed by atoms with van der Waals surface area (Å²) in [6.45, 7) is 0. The summed E-state index contributed by atoms with van der Waals surface area (Å²) in [6, 6.07) is 14.3. The number of thioether (sulfide) groups is 1. The maximum Gasteiger partial charge on any atom is 0.124 e. The molecular formula is C18H14BrN3OS. The first-order chi connectivity index (χ1) is 11.7. The fourth-order valence-electron chi connectivity index (χ4n) is 2.63. The van der Waals surface area contributed by atoms with Crippen LogP contribution in [0.1, 0.15) is 5.56 Å². The molecular weight excluding hydrogens is 386 g/mol. The van der Waals surface area contributed by atoms with E-state index in [9.17, 15) is 0 Å². The molecule has 2 heterocycles. The predicted molar refractivity (Wildman–Crippen MR) is 102 cm³/mol. The fourth-order valence-corrected chi connectivity index (χ4v) is 3.90. The van der Waals surface area contributed by atoms with Crippen LogP contribution < -0.4 is 4.74 Å². The van der Waals surface area contributed by atoms with Gasteiger partial charge in [-0.05, 0) is 35.9 Å². The summed E-state index contributed by atoms with van der Waals surface area (Å²) in [5.41, 5.74) is 4.24. The molecule has 6 heteroatoms. The van der Waals surface area contributed by atoms with Gasteiger partial charge < -0.3 is 9.72 Å². The summed E-state index contributed by atoms with van der Waals surface area (Å²) >= 11 is 5.22. The number of benzene rings is 2. The monoisotopic (exact) mass is 399 g/mol. The van der Waals surface area contributed by atoms with Crippen LogP contribution >= 0.6 is 27.7 Å². The minimum Gasteiger partial charge on any atom is -0.497 e. The second-order valence-electron chi connectivity index (χ2n) is 5.35. The molecule has 24 heavy (non-hydrogen) atoms. The van der Waals surface area contributed by atoms with Gasteiger partial charge in [-0.15, -0.1) is 0 Å². The van der Waals surface area contributed by atoms with Crippen molar-refractivity contribution < 1.29 is 4.74 Å². The highest BCUT2D eigenvalue weighted by Crippen LogP contribution is 2.32. The minimum absolute atomic E-state index is 0.842. The number of nitrogens with one attached hydrogen (secondary N) is 1. The van der Waals surface area contributed by atoms with Crippen LogP contribution in [0, 0.1) is 0 Å². The number of halogens is 1. The molecule has 4 aromatic rings. The number of aromatic amines is 1. The Morgan fingerprint density at radius 3 is 2.75 bits per heavy atom. The molecule has 1 N–H and O–H groups in total. The lowest BCUT2D eigenvalue weighted by Gasteiger charge is -2.04. The topological polar surface area (TPSA) is 50.8 Å². The third-order valence-corrected chi connectivity index (χ3v) is 5.40. The lowest BCUT2D eigenvalue weighted by atomic mass is 10.2. The van der Waals surface area contributed by atoms with Crippen molar-refractivity contribution in [1.82, 2.24) is 15.0 Å². The van der Waals surface area contributed by atoms with Crippen LogP contribution in [0.5, 0.6) is 5.75 Å². The molecule has 0 atom stereocenters. The van der Waals surface area contributed by atoms with Crippen molar-refractivity contribution in [1.29, 1.82) is 0 Å². The van der Waals surface area contributed by atoms with Gasteiger partial charge in [0, 0.05) is 21.1 Å². The molecule has 2 aromatic carbocycles. The smallest absolute Gasteiger partial charge is 0.124 e. The Bertz CT molecular complexity index is 1010. The van der Waals surface area contributed by atoms with Gasteiger partial charge >= 0.3 is 0 Å². The van der Waals surface area contributed by atoms with Crippen molar-refractivity contribution in [3.63, 3.8) is 0 Å². The highest BCUT2D eigenvalue weighted by Gasteiger charge is 2.11. The van der Waals surface area contributed by atoms with Crippen LogP contribution in [-0.4, -0.2) is 22.1 Å². The van der Waals surface area contributed by atoms with E-state index in [0.29, 0.717) is 0 Å². The number of fused-ring (bicyclic) bond motifs is 3. The van der Waals surface area contributed by atoms with Crippen molar-refractivity contribution in [3.8, 4) is 5.75 Å². The third-order valence-electron chi connectivity index (χ3n) is 3.84. The molecule has 0 aliphatic carbocycles. The highest BCUT2D eigenvalue weighted by atomic mass is 79.9. The summed E-state index contributed by atoms with van der Waals surface area (Å²) in [7, 11) is 1.68. The second kappa shape index (κ2) is 6.45. The van der Waals surface area contributed by atoms with Crippen molar-refractivity contribution in [3.05, 3.63) is 58.8 Å². The zero-order chi connectivity index (χ0) is 16.5. The Labute approximate surface area is 151 Å². The lowest BCUT2D eigenvalue weighted by molar-refractivity contribution is 0.414. The number of ether oxygens (including phenoxy) is 1. The molecule has 4 rings (SSSR count). The zero-order valence-corrected chi connectivity index (χ0v) is 15.3. The van der Waals surface area contributed by atoms with Gasteiger partial charge in [0.1, 0.15) is 22.6 Å². The van der Waals surface area contributed by atoms with E-state index in [0.717, 1.165) is 42.9 Å². The average Bonchev–Trinajstić information content (AvgIpc) is 2.99. The first kappa shape index (κ1) is 15.5. The molecule has 0 saturated carbocycles. The number of nitrogens with zero attached hydrogens (tertiary/aromatic N) is 2. The van der Waals surface area contributed by atoms with E-state index in [4.69, 9.17) is 4.74 Å². The number of hydrogen-bond acceptors (Lipinski definition) is 4. The van der Waals surface area contributed by atoms with Gasteiger partial charge in [-0.2, -0.15) is 0 Å². The number of aromatic nitrogens is 3. The molecule has 2 aromatic heterocycles. The summed E-state index contributed by atoms with van der Waals surface area (Å²) in [6.07, 6.45) is 1.63. The van der Waals surface area contributed by atoms with Crippen molar-refractivity contribution in [2.45, 2.75) is 10.8 Å². The maximum atomic E-state index is 5.20. The van der Waals surface area contributed by atoms with Gasteiger partial charge in [0.25, 0.3) is 0 Å². The van der Waals surface area contributed by atoms with Crippen molar-refractivity contribution in [2.24, 2.45) is 0 Å². The normalized spacial score (nSPS) is 11.2. The van der Waals surface area contributed by atoms with E-state index in [-0.39, 0.29) is 0 Å². The van der Waals surface area contributed by atoms with Crippen LogP contribution in [0.15, 0.2) is 58.3 Å². The Hall–Kier alpha value is -2.05. The summed E-state index contributed by atoms with van der Waals surface area (Å²) in [5.74, 6) is 1.71. The van der Waals surface area contributed by atoms with E-state index < -0.39 is 0 Å². The van der Waals surface area contributed by atoms with Crippen molar-refractivity contribution in [2.75, 3.05) is 7.11 Å². The molecule has 0 saturated heterocycles. The fraction of sp³-hybridized carbons (Fsp3) is 0.111. The van der Waals surface area contributed by atoms with Crippen LogP contribution in [0.25, 0.3) is 21.9 Å². The molecule has 0 radical (unpaired) electrons. The van der Waals surface area contributed by atoms with E-state index in [1.165, 1.54) is 5.56 Å². The lowest BCUT2D eigenvalue weighted by Crippen LogP contribution is -1.88. The molecule has 0 aliphatic heterocycles. The van der Waals surface area contributed by atoms with E-state index in [2.05, 4.69) is 55.1 Å². The molecule has 0 amide bonds. The highest BCUT2D eigenvalue weighted by molar-refractivity contribution is 9.10. The molecule has 0 unspecified atom stereocenters. The quantitative estimate of drug-likeness (QED) is 0.379. The molecule has 0 bridgehead atoms. The molecule has 0 aliphatic rings. The molecule has 0 fully saturated rings. The number of rotatable bonds is 4. The average molecular weight is 400 g/mol. The molecule has 120 valence electrons. The number of H-pyrrole nitrogens is 1. The first-order valence-electron chi connectivity index (χ1n) is 7.42. The first-order valence-corrected chi connectivity index (χ1v) is 9.20. The SMILES string of the molecule is COc1ccc(CSc2ncnc3c2[nH]c2ccc(Br)cc23)cc1. The van der Waals surface area contributed by atoms with Gasteiger partial charge in [-0.1, -0.05) is 39.8 Å². The Morgan fingerprint density at radius 1 is 1.12 bits per heavy atom. The van der Waals surface area contributed by atoms with Crippen LogP contribution in [0.4, 0.5) is 0 Å². The second-order valence-corrected chi connectivity index (χ2v) is 7.23. The third kappa shape index (κ3) is 2.87. The number of hydrogen-bond donors (Lipinski definition) is 1. The maximum absolute atomic E-state index is 5.20.